The Bertz CT molecular complexity index is 759. The maximum Gasteiger partial charge on any atom is 0.338 e. The van der Waals surface area contributed by atoms with Gasteiger partial charge in [0.05, 0.1) is 16.1 Å². The molecule has 2 aromatic carbocycles. The maximum absolute atomic E-state index is 12.0. The molecule has 0 aliphatic carbocycles. The molecule has 0 saturated carbocycles. The molecule has 0 atom stereocenters. The Hall–Kier alpha value is -3.42. The fraction of sp³-hybridized carbons (Fsp3) is 0.125. The molecule has 0 bridgehead atoms. The van der Waals surface area contributed by atoms with Crippen molar-refractivity contribution in [3.63, 3.8) is 0 Å². The number of benzene rings is 2. The maximum atomic E-state index is 12.0. The van der Waals surface area contributed by atoms with Crippen LogP contribution < -0.4 is 11.1 Å². The Labute approximate surface area is 137 Å². The van der Waals surface area contributed by atoms with Crippen LogP contribution in [0.5, 0.6) is 0 Å². The summed E-state index contributed by atoms with van der Waals surface area (Å²) in [4.78, 5) is 33.0. The summed E-state index contributed by atoms with van der Waals surface area (Å²) in [5.41, 5.74) is 6.26. The Morgan fingerprint density at radius 1 is 1.12 bits per heavy atom. The highest BCUT2D eigenvalue weighted by atomic mass is 16.6. The number of carbonyl (C=O) groups is 2. The van der Waals surface area contributed by atoms with Crippen LogP contribution in [-0.2, 0) is 17.9 Å². The van der Waals surface area contributed by atoms with Crippen LogP contribution in [0.4, 0.5) is 10.5 Å². The molecule has 0 aliphatic heterocycles. The van der Waals surface area contributed by atoms with E-state index in [0.717, 1.165) is 5.56 Å². The number of nitrogens with one attached hydrogen (secondary N) is 1. The first-order valence-corrected chi connectivity index (χ1v) is 6.99. The molecule has 0 spiro atoms. The second-order valence-corrected chi connectivity index (χ2v) is 4.88. The van der Waals surface area contributed by atoms with Crippen molar-refractivity contribution < 1.29 is 19.2 Å². The van der Waals surface area contributed by atoms with Crippen molar-refractivity contribution >= 4 is 17.7 Å². The monoisotopic (exact) mass is 329 g/mol. The fourth-order valence-electron chi connectivity index (χ4n) is 1.99. The van der Waals surface area contributed by atoms with Gasteiger partial charge in [-0.25, -0.2) is 9.59 Å². The SMILES string of the molecule is NC(=O)NCc1ccc(C(=O)OCc2ccccc2[N+](=O)[O-])cc1. The van der Waals surface area contributed by atoms with Crippen LogP contribution in [0.15, 0.2) is 48.5 Å². The molecule has 0 saturated heterocycles. The summed E-state index contributed by atoms with van der Waals surface area (Å²) in [6.07, 6.45) is 0. The van der Waals surface area contributed by atoms with Crippen LogP contribution in [0.25, 0.3) is 0 Å². The number of nitro groups is 1. The van der Waals surface area contributed by atoms with E-state index in [9.17, 15) is 19.7 Å². The van der Waals surface area contributed by atoms with Crippen LogP contribution in [-0.4, -0.2) is 16.9 Å². The van der Waals surface area contributed by atoms with Crippen molar-refractivity contribution in [2.45, 2.75) is 13.2 Å². The number of rotatable bonds is 6. The first-order valence-electron chi connectivity index (χ1n) is 6.99. The number of esters is 1. The predicted molar refractivity (Wildman–Crippen MR) is 85.1 cm³/mol. The minimum atomic E-state index is -0.636. The zero-order valence-corrected chi connectivity index (χ0v) is 12.6. The van der Waals surface area contributed by atoms with Gasteiger partial charge in [-0.15, -0.1) is 0 Å². The lowest BCUT2D eigenvalue weighted by Crippen LogP contribution is -2.28. The summed E-state index contributed by atoms with van der Waals surface area (Å²) in [6.45, 7) is 0.0574. The third-order valence-electron chi connectivity index (χ3n) is 3.20. The lowest BCUT2D eigenvalue weighted by Gasteiger charge is -2.07. The van der Waals surface area contributed by atoms with E-state index in [-0.39, 0.29) is 18.8 Å². The standard InChI is InChI=1S/C16H15N3O5/c17-16(21)18-9-11-5-7-12(8-6-11)15(20)24-10-13-3-1-2-4-14(13)19(22)23/h1-8H,9-10H2,(H3,17,18,21). The number of hydrogen-bond acceptors (Lipinski definition) is 5. The minimum absolute atomic E-state index is 0.0989. The van der Waals surface area contributed by atoms with E-state index in [2.05, 4.69) is 5.32 Å². The number of carbonyl (C=O) groups excluding carboxylic acids is 2. The van der Waals surface area contributed by atoms with Crippen molar-refractivity contribution in [3.05, 3.63) is 75.3 Å². The van der Waals surface area contributed by atoms with Gasteiger partial charge >= 0.3 is 12.0 Å². The number of para-hydroxylation sites is 1. The van der Waals surface area contributed by atoms with Crippen molar-refractivity contribution in [2.75, 3.05) is 0 Å². The molecular formula is C16H15N3O5. The van der Waals surface area contributed by atoms with E-state index in [0.29, 0.717) is 11.1 Å². The molecule has 0 unspecified atom stereocenters. The van der Waals surface area contributed by atoms with Crippen molar-refractivity contribution in [2.24, 2.45) is 5.73 Å². The number of urea groups is 1. The number of hydrogen-bond donors (Lipinski definition) is 2. The van der Waals surface area contributed by atoms with Crippen LogP contribution in [0, 0.1) is 10.1 Å². The number of ether oxygens (including phenoxy) is 1. The number of amides is 2. The van der Waals surface area contributed by atoms with Gasteiger partial charge in [-0.05, 0) is 23.8 Å². The van der Waals surface area contributed by atoms with E-state index in [4.69, 9.17) is 10.5 Å². The van der Waals surface area contributed by atoms with E-state index < -0.39 is 16.9 Å². The normalized spacial score (nSPS) is 10.0. The zero-order chi connectivity index (χ0) is 17.5. The number of nitrogens with two attached hydrogens (primary N) is 1. The van der Waals surface area contributed by atoms with Crippen LogP contribution in [0.1, 0.15) is 21.5 Å². The summed E-state index contributed by atoms with van der Waals surface area (Å²) in [5.74, 6) is -0.595. The van der Waals surface area contributed by atoms with E-state index in [1.54, 1.807) is 36.4 Å². The average molecular weight is 329 g/mol. The zero-order valence-electron chi connectivity index (χ0n) is 12.6. The van der Waals surface area contributed by atoms with Crippen molar-refractivity contribution in [3.8, 4) is 0 Å². The van der Waals surface area contributed by atoms with Gasteiger partial charge < -0.3 is 15.8 Å². The van der Waals surface area contributed by atoms with Gasteiger partial charge in [0.15, 0.2) is 0 Å². The highest BCUT2D eigenvalue weighted by Gasteiger charge is 2.15. The van der Waals surface area contributed by atoms with Gasteiger partial charge in [0.2, 0.25) is 0 Å². The minimum Gasteiger partial charge on any atom is -0.457 e. The number of nitrogens with zero attached hydrogens (tertiary/aromatic N) is 1. The molecule has 0 radical (unpaired) electrons. The lowest BCUT2D eigenvalue weighted by atomic mass is 10.1. The summed E-state index contributed by atoms with van der Waals surface area (Å²) in [5, 5.41) is 13.3. The molecule has 8 nitrogen and oxygen atoms in total. The van der Waals surface area contributed by atoms with Crippen molar-refractivity contribution in [1.82, 2.24) is 5.32 Å². The summed E-state index contributed by atoms with van der Waals surface area (Å²) < 4.78 is 5.11. The highest BCUT2D eigenvalue weighted by Crippen LogP contribution is 2.19. The lowest BCUT2D eigenvalue weighted by molar-refractivity contribution is -0.385. The largest absolute Gasteiger partial charge is 0.457 e. The Morgan fingerprint density at radius 2 is 1.79 bits per heavy atom. The topological polar surface area (TPSA) is 125 Å². The van der Waals surface area contributed by atoms with Crippen LogP contribution >= 0.6 is 0 Å². The third-order valence-corrected chi connectivity index (χ3v) is 3.20. The molecular weight excluding hydrogens is 314 g/mol. The van der Waals surface area contributed by atoms with E-state index >= 15 is 0 Å². The molecule has 8 heteroatoms. The molecule has 2 rings (SSSR count). The van der Waals surface area contributed by atoms with Gasteiger partial charge in [0.25, 0.3) is 5.69 Å². The second-order valence-electron chi connectivity index (χ2n) is 4.88. The average Bonchev–Trinajstić information content (AvgIpc) is 2.58. The van der Waals surface area contributed by atoms with Gasteiger partial charge in [0.1, 0.15) is 6.61 Å². The number of nitro benzene ring substituents is 1. The molecule has 2 amide bonds. The molecule has 2 aromatic rings. The first kappa shape index (κ1) is 16.9. The van der Waals surface area contributed by atoms with Gasteiger partial charge in [-0.2, -0.15) is 0 Å². The highest BCUT2D eigenvalue weighted by molar-refractivity contribution is 5.89. The Balaban J connectivity index is 1.98. The van der Waals surface area contributed by atoms with E-state index in [1.807, 2.05) is 0 Å². The molecule has 24 heavy (non-hydrogen) atoms. The summed E-state index contributed by atoms with van der Waals surface area (Å²) in [6, 6.07) is 11.8. The predicted octanol–water partition coefficient (Wildman–Crippen LogP) is 2.12. The summed E-state index contributed by atoms with van der Waals surface area (Å²) >= 11 is 0. The molecule has 0 heterocycles. The Morgan fingerprint density at radius 3 is 2.42 bits per heavy atom. The molecule has 0 aliphatic rings. The van der Waals surface area contributed by atoms with Crippen LogP contribution in [0.3, 0.4) is 0 Å². The molecule has 3 N–H and O–H groups in total. The van der Waals surface area contributed by atoms with E-state index in [1.165, 1.54) is 12.1 Å². The smallest absolute Gasteiger partial charge is 0.338 e. The number of primary amides is 1. The molecule has 0 aromatic heterocycles. The van der Waals surface area contributed by atoms with Crippen LogP contribution in [0.2, 0.25) is 0 Å². The second kappa shape index (κ2) is 7.73. The Kier molecular flexibility index (Phi) is 5.45. The summed E-state index contributed by atoms with van der Waals surface area (Å²) in [7, 11) is 0. The third kappa shape index (κ3) is 4.54. The fourth-order valence-corrected chi connectivity index (χ4v) is 1.99. The van der Waals surface area contributed by atoms with Gasteiger partial charge in [0, 0.05) is 12.6 Å². The molecule has 0 fully saturated rings. The van der Waals surface area contributed by atoms with Gasteiger partial charge in [-0.3, -0.25) is 10.1 Å². The van der Waals surface area contributed by atoms with Crippen molar-refractivity contribution in [1.29, 1.82) is 0 Å². The quantitative estimate of drug-likeness (QED) is 0.477. The first-order chi connectivity index (χ1) is 11.5. The molecule has 124 valence electrons. The van der Waals surface area contributed by atoms with Gasteiger partial charge in [-0.1, -0.05) is 24.3 Å².